The molecule has 1 N–H and O–H groups in total. The minimum atomic E-state index is 0.351. The molecular formula is C19H31N. The number of rotatable bonds is 5. The van der Waals surface area contributed by atoms with Gasteiger partial charge in [-0.15, -0.1) is 0 Å². The summed E-state index contributed by atoms with van der Waals surface area (Å²) in [5, 5.41) is 3.88. The lowest BCUT2D eigenvalue weighted by molar-refractivity contribution is 0.258. The molecule has 1 nitrogen and oxygen atoms in total. The van der Waals surface area contributed by atoms with Gasteiger partial charge in [0.1, 0.15) is 0 Å². The molecule has 1 unspecified atom stereocenters. The third-order valence-electron chi connectivity index (χ3n) is 4.60. The highest BCUT2D eigenvalue weighted by Gasteiger charge is 2.30. The Morgan fingerprint density at radius 2 is 1.70 bits per heavy atom. The minimum absolute atomic E-state index is 0.351. The molecule has 0 saturated heterocycles. The molecule has 1 saturated carbocycles. The van der Waals surface area contributed by atoms with E-state index in [2.05, 4.69) is 63.3 Å². The topological polar surface area (TPSA) is 12.0 Å². The Bertz CT molecular complexity index is 396. The Hall–Kier alpha value is -0.820. The lowest BCUT2D eigenvalue weighted by Crippen LogP contribution is -2.34. The molecule has 0 bridgehead atoms. The van der Waals surface area contributed by atoms with Gasteiger partial charge in [-0.3, -0.25) is 0 Å². The predicted octanol–water partition coefficient (Wildman–Crippen LogP) is 5.33. The van der Waals surface area contributed by atoms with Crippen molar-refractivity contribution in [2.75, 3.05) is 6.54 Å². The van der Waals surface area contributed by atoms with Gasteiger partial charge in [0, 0.05) is 12.6 Å². The van der Waals surface area contributed by atoms with Gasteiger partial charge in [-0.1, -0.05) is 70.9 Å². The van der Waals surface area contributed by atoms with Crippen molar-refractivity contribution in [2.24, 2.45) is 10.8 Å². The monoisotopic (exact) mass is 273 g/mol. The van der Waals surface area contributed by atoms with E-state index >= 15 is 0 Å². The third kappa shape index (κ3) is 4.63. The zero-order valence-corrected chi connectivity index (χ0v) is 13.7. The zero-order chi connectivity index (χ0) is 14.6. The molecule has 1 atom stereocenters. The summed E-state index contributed by atoms with van der Waals surface area (Å²) in [6.07, 6.45) is 6.78. The van der Waals surface area contributed by atoms with E-state index in [1.54, 1.807) is 0 Å². The van der Waals surface area contributed by atoms with Crippen molar-refractivity contribution in [1.29, 1.82) is 0 Å². The maximum atomic E-state index is 3.88. The average molecular weight is 273 g/mol. The summed E-state index contributed by atoms with van der Waals surface area (Å²) in [6, 6.07) is 11.4. The van der Waals surface area contributed by atoms with Crippen molar-refractivity contribution in [3.8, 4) is 0 Å². The van der Waals surface area contributed by atoms with Crippen LogP contribution in [0.25, 0.3) is 0 Å². The molecular weight excluding hydrogens is 242 g/mol. The first-order chi connectivity index (χ1) is 9.38. The van der Waals surface area contributed by atoms with Crippen LogP contribution < -0.4 is 5.32 Å². The van der Waals surface area contributed by atoms with E-state index in [4.69, 9.17) is 0 Å². The minimum Gasteiger partial charge on any atom is -0.309 e. The predicted molar refractivity (Wildman–Crippen MR) is 87.8 cm³/mol. The first kappa shape index (κ1) is 15.6. The second kappa shape index (κ2) is 6.30. The third-order valence-corrected chi connectivity index (χ3v) is 4.60. The van der Waals surface area contributed by atoms with Crippen molar-refractivity contribution in [2.45, 2.75) is 65.8 Å². The van der Waals surface area contributed by atoms with E-state index in [9.17, 15) is 0 Å². The summed E-state index contributed by atoms with van der Waals surface area (Å²) < 4.78 is 0. The van der Waals surface area contributed by atoms with Gasteiger partial charge >= 0.3 is 0 Å². The van der Waals surface area contributed by atoms with Crippen molar-refractivity contribution in [3.05, 3.63) is 35.9 Å². The first-order valence-electron chi connectivity index (χ1n) is 8.16. The fraction of sp³-hybridized carbons (Fsp3) is 0.684. The summed E-state index contributed by atoms with van der Waals surface area (Å²) in [7, 11) is 0. The van der Waals surface area contributed by atoms with Crippen molar-refractivity contribution in [3.63, 3.8) is 0 Å². The van der Waals surface area contributed by atoms with Crippen LogP contribution in [0.5, 0.6) is 0 Å². The van der Waals surface area contributed by atoms with E-state index in [1.165, 1.54) is 37.7 Å². The van der Waals surface area contributed by atoms with Crippen molar-refractivity contribution in [1.82, 2.24) is 5.32 Å². The Morgan fingerprint density at radius 3 is 2.25 bits per heavy atom. The Balaban J connectivity index is 2.03. The van der Waals surface area contributed by atoms with Crippen LogP contribution in [0.1, 0.15) is 71.4 Å². The second-order valence-corrected chi connectivity index (χ2v) is 8.13. The molecule has 0 amide bonds. The van der Waals surface area contributed by atoms with Gasteiger partial charge in [-0.2, -0.15) is 0 Å². The molecule has 0 aromatic heterocycles. The maximum Gasteiger partial charge on any atom is 0.0325 e. The second-order valence-electron chi connectivity index (χ2n) is 8.13. The molecule has 0 radical (unpaired) electrons. The molecule has 2 rings (SSSR count). The molecule has 1 aliphatic carbocycles. The Morgan fingerprint density at radius 1 is 1.10 bits per heavy atom. The van der Waals surface area contributed by atoms with E-state index in [1.807, 2.05) is 0 Å². The van der Waals surface area contributed by atoms with Crippen molar-refractivity contribution < 1.29 is 0 Å². The lowest BCUT2D eigenvalue weighted by Gasteiger charge is -2.31. The summed E-state index contributed by atoms with van der Waals surface area (Å²) in [4.78, 5) is 0. The summed E-state index contributed by atoms with van der Waals surface area (Å²) in [5.74, 6) is 0. The largest absolute Gasteiger partial charge is 0.309 e. The summed E-state index contributed by atoms with van der Waals surface area (Å²) in [6.45, 7) is 10.6. The van der Waals surface area contributed by atoms with E-state index in [0.717, 1.165) is 6.54 Å². The van der Waals surface area contributed by atoms with Gasteiger partial charge in [-0.05, 0) is 35.7 Å². The normalized spacial score (nSPS) is 20.0. The molecule has 112 valence electrons. The number of benzene rings is 1. The highest BCUT2D eigenvalue weighted by Crippen LogP contribution is 2.38. The van der Waals surface area contributed by atoms with E-state index in [-0.39, 0.29) is 0 Å². The van der Waals surface area contributed by atoms with Gasteiger partial charge in [0.05, 0.1) is 0 Å². The van der Waals surface area contributed by atoms with Crippen LogP contribution in [0.3, 0.4) is 0 Å². The number of hydrogen-bond acceptors (Lipinski definition) is 1. The summed E-state index contributed by atoms with van der Waals surface area (Å²) >= 11 is 0. The van der Waals surface area contributed by atoms with Gasteiger partial charge < -0.3 is 5.32 Å². The standard InChI is InChI=1S/C19H31N/c1-18(2,3)14-17(16-10-6-5-7-11-16)20-15-19(4)12-8-9-13-19/h5-7,10-11,17,20H,8-9,12-15H2,1-4H3. The highest BCUT2D eigenvalue weighted by atomic mass is 14.9. The summed E-state index contributed by atoms with van der Waals surface area (Å²) in [5.41, 5.74) is 2.30. The van der Waals surface area contributed by atoms with Gasteiger partial charge in [0.15, 0.2) is 0 Å². The van der Waals surface area contributed by atoms with Gasteiger partial charge in [0.25, 0.3) is 0 Å². The molecule has 1 aromatic rings. The Labute approximate surface area is 125 Å². The quantitative estimate of drug-likeness (QED) is 0.764. The van der Waals surface area contributed by atoms with Crippen LogP contribution in [-0.2, 0) is 0 Å². The fourth-order valence-corrected chi connectivity index (χ4v) is 3.38. The number of hydrogen-bond donors (Lipinski definition) is 1. The smallest absolute Gasteiger partial charge is 0.0325 e. The molecule has 1 heteroatoms. The fourth-order valence-electron chi connectivity index (χ4n) is 3.38. The SMILES string of the molecule is CC(C)(C)CC(NCC1(C)CCCC1)c1ccccc1. The van der Waals surface area contributed by atoms with E-state index in [0.29, 0.717) is 16.9 Å². The zero-order valence-electron chi connectivity index (χ0n) is 13.7. The van der Waals surface area contributed by atoms with Crippen molar-refractivity contribution >= 4 is 0 Å². The first-order valence-corrected chi connectivity index (χ1v) is 8.16. The molecule has 0 aliphatic heterocycles. The Kier molecular flexibility index (Phi) is 4.90. The molecule has 1 aromatic carbocycles. The lowest BCUT2D eigenvalue weighted by atomic mass is 9.84. The molecule has 20 heavy (non-hydrogen) atoms. The molecule has 0 spiro atoms. The number of nitrogens with one attached hydrogen (secondary N) is 1. The highest BCUT2D eigenvalue weighted by molar-refractivity contribution is 5.19. The van der Waals surface area contributed by atoms with Crippen LogP contribution >= 0.6 is 0 Å². The van der Waals surface area contributed by atoms with Crippen LogP contribution in [0, 0.1) is 10.8 Å². The van der Waals surface area contributed by atoms with Crippen LogP contribution in [0.2, 0.25) is 0 Å². The van der Waals surface area contributed by atoms with Crippen LogP contribution in [0.4, 0.5) is 0 Å². The van der Waals surface area contributed by atoms with Gasteiger partial charge in [-0.25, -0.2) is 0 Å². The maximum absolute atomic E-state index is 3.88. The van der Waals surface area contributed by atoms with E-state index < -0.39 is 0 Å². The van der Waals surface area contributed by atoms with Gasteiger partial charge in [0.2, 0.25) is 0 Å². The van der Waals surface area contributed by atoms with Crippen LogP contribution in [-0.4, -0.2) is 6.54 Å². The van der Waals surface area contributed by atoms with Crippen LogP contribution in [0.15, 0.2) is 30.3 Å². The molecule has 0 heterocycles. The molecule has 1 aliphatic rings. The molecule has 1 fully saturated rings. The average Bonchev–Trinajstić information content (AvgIpc) is 2.82.